The molecule has 0 amide bonds. The summed E-state index contributed by atoms with van der Waals surface area (Å²) in [6, 6.07) is 12.0. The second-order valence-electron chi connectivity index (χ2n) is 6.19. The minimum absolute atomic E-state index is 0.143. The maximum atomic E-state index is 11.9. The quantitative estimate of drug-likeness (QED) is 0.482. The van der Waals surface area contributed by atoms with Crippen LogP contribution in [0.2, 0.25) is 0 Å². The van der Waals surface area contributed by atoms with Crippen molar-refractivity contribution < 1.29 is 24.2 Å². The van der Waals surface area contributed by atoms with E-state index < -0.39 is 18.5 Å². The van der Waals surface area contributed by atoms with E-state index in [0.29, 0.717) is 11.7 Å². The molecule has 0 aliphatic heterocycles. The molecule has 0 aliphatic carbocycles. The van der Waals surface area contributed by atoms with E-state index in [1.165, 1.54) is 24.3 Å². The van der Waals surface area contributed by atoms with E-state index in [1.807, 2.05) is 25.1 Å². The molecular weight excluding hydrogens is 332 g/mol. The van der Waals surface area contributed by atoms with E-state index in [2.05, 4.69) is 13.8 Å². The van der Waals surface area contributed by atoms with Gasteiger partial charge in [0.1, 0.15) is 11.5 Å². The minimum atomic E-state index is -0.650. The lowest BCUT2D eigenvalue weighted by atomic mass is 10.0. The number of hydrogen-bond acceptors (Lipinski definition) is 5. The van der Waals surface area contributed by atoms with Crippen LogP contribution in [0.3, 0.4) is 0 Å². The topological polar surface area (TPSA) is 72.8 Å². The molecule has 0 saturated carbocycles. The van der Waals surface area contributed by atoms with Gasteiger partial charge in [-0.1, -0.05) is 38.1 Å². The SMILES string of the molecule is Cc1ccc(C(C)C)cc1OC(=O)COC(=O)/C=C/c1ccc(O)cc1. The molecule has 0 heterocycles. The van der Waals surface area contributed by atoms with Gasteiger partial charge in [-0.05, 0) is 53.8 Å². The molecule has 26 heavy (non-hydrogen) atoms. The zero-order valence-electron chi connectivity index (χ0n) is 15.1. The minimum Gasteiger partial charge on any atom is -0.508 e. The van der Waals surface area contributed by atoms with Crippen LogP contribution in [0.4, 0.5) is 0 Å². The molecule has 5 nitrogen and oxygen atoms in total. The van der Waals surface area contributed by atoms with Crippen LogP contribution >= 0.6 is 0 Å². The van der Waals surface area contributed by atoms with Crippen LogP contribution in [-0.4, -0.2) is 23.7 Å². The fraction of sp³-hybridized carbons (Fsp3) is 0.238. The number of phenolic OH excluding ortho intramolecular Hbond substituents is 1. The summed E-state index contributed by atoms with van der Waals surface area (Å²) in [4.78, 5) is 23.6. The Bertz CT molecular complexity index is 804. The lowest BCUT2D eigenvalue weighted by Crippen LogP contribution is -2.18. The largest absolute Gasteiger partial charge is 0.508 e. The first kappa shape index (κ1) is 19.2. The van der Waals surface area contributed by atoms with Crippen molar-refractivity contribution in [1.82, 2.24) is 0 Å². The number of ether oxygens (including phenoxy) is 2. The molecule has 136 valence electrons. The van der Waals surface area contributed by atoms with Crippen molar-refractivity contribution in [1.29, 1.82) is 0 Å². The first-order valence-corrected chi connectivity index (χ1v) is 8.30. The van der Waals surface area contributed by atoms with Crippen LogP contribution < -0.4 is 4.74 Å². The molecule has 0 bridgehead atoms. The Morgan fingerprint density at radius 3 is 2.46 bits per heavy atom. The van der Waals surface area contributed by atoms with Crippen LogP contribution in [0.1, 0.15) is 36.5 Å². The lowest BCUT2D eigenvalue weighted by Gasteiger charge is -2.11. The smallest absolute Gasteiger partial charge is 0.349 e. The van der Waals surface area contributed by atoms with E-state index in [9.17, 15) is 14.7 Å². The van der Waals surface area contributed by atoms with Crippen molar-refractivity contribution >= 4 is 18.0 Å². The molecule has 2 aromatic carbocycles. The highest BCUT2D eigenvalue weighted by atomic mass is 16.6. The average molecular weight is 354 g/mol. The van der Waals surface area contributed by atoms with Crippen LogP contribution in [-0.2, 0) is 14.3 Å². The molecule has 1 N–H and O–H groups in total. The standard InChI is InChI=1S/C21H22O5/c1-14(2)17-8-4-15(3)19(12-17)26-21(24)13-25-20(23)11-7-16-5-9-18(22)10-6-16/h4-12,14,22H,13H2,1-3H3/b11-7+. The molecule has 0 aromatic heterocycles. The van der Waals surface area contributed by atoms with E-state index >= 15 is 0 Å². The van der Waals surface area contributed by atoms with Gasteiger partial charge in [0.2, 0.25) is 0 Å². The number of rotatable bonds is 6. The summed E-state index contributed by atoms with van der Waals surface area (Å²) in [7, 11) is 0. The summed E-state index contributed by atoms with van der Waals surface area (Å²) in [5, 5.41) is 9.20. The first-order chi connectivity index (χ1) is 12.3. The summed E-state index contributed by atoms with van der Waals surface area (Å²) in [6.45, 7) is 5.49. The lowest BCUT2D eigenvalue weighted by molar-refractivity contribution is -0.150. The molecule has 0 aliphatic rings. The Balaban J connectivity index is 1.87. The second kappa shape index (κ2) is 8.85. The van der Waals surface area contributed by atoms with E-state index in [1.54, 1.807) is 12.1 Å². The summed E-state index contributed by atoms with van der Waals surface area (Å²) < 4.78 is 10.2. The molecule has 5 heteroatoms. The monoisotopic (exact) mass is 354 g/mol. The van der Waals surface area contributed by atoms with Gasteiger partial charge >= 0.3 is 11.9 Å². The highest BCUT2D eigenvalue weighted by Gasteiger charge is 2.11. The number of aryl methyl sites for hydroxylation is 1. The van der Waals surface area contributed by atoms with Gasteiger partial charge in [0.25, 0.3) is 0 Å². The third-order valence-electron chi connectivity index (χ3n) is 3.74. The third kappa shape index (κ3) is 5.77. The molecular formula is C21H22O5. The number of hydrogen-bond donors (Lipinski definition) is 1. The summed E-state index contributed by atoms with van der Waals surface area (Å²) in [6.07, 6.45) is 2.74. The molecule has 2 rings (SSSR count). The Labute approximate surface area is 152 Å². The van der Waals surface area contributed by atoms with Gasteiger partial charge in [0.05, 0.1) is 0 Å². The number of benzene rings is 2. The van der Waals surface area contributed by atoms with Gasteiger partial charge in [0, 0.05) is 6.08 Å². The van der Waals surface area contributed by atoms with Gasteiger partial charge in [-0.25, -0.2) is 9.59 Å². The average Bonchev–Trinajstić information content (AvgIpc) is 2.61. The highest BCUT2D eigenvalue weighted by molar-refractivity contribution is 5.88. The second-order valence-corrected chi connectivity index (χ2v) is 6.19. The van der Waals surface area contributed by atoms with Gasteiger partial charge in [-0.15, -0.1) is 0 Å². The molecule has 0 spiro atoms. The molecule has 0 saturated heterocycles. The van der Waals surface area contributed by atoms with Crippen LogP contribution in [0.5, 0.6) is 11.5 Å². The molecule has 0 atom stereocenters. The van der Waals surface area contributed by atoms with Crippen LogP contribution in [0.25, 0.3) is 6.08 Å². The van der Waals surface area contributed by atoms with Crippen molar-refractivity contribution in [3.8, 4) is 11.5 Å². The summed E-state index contributed by atoms with van der Waals surface area (Å²) in [5.74, 6) is -0.361. The Morgan fingerprint density at radius 1 is 1.12 bits per heavy atom. The third-order valence-corrected chi connectivity index (χ3v) is 3.74. The van der Waals surface area contributed by atoms with Crippen molar-refractivity contribution in [2.24, 2.45) is 0 Å². The number of esters is 2. The zero-order valence-corrected chi connectivity index (χ0v) is 15.1. The molecule has 0 radical (unpaired) electrons. The van der Waals surface area contributed by atoms with Crippen LogP contribution in [0.15, 0.2) is 48.5 Å². The number of phenols is 1. The number of carbonyl (C=O) groups excluding carboxylic acids is 2. The number of carbonyl (C=O) groups is 2. The first-order valence-electron chi connectivity index (χ1n) is 8.30. The molecule has 2 aromatic rings. The van der Waals surface area contributed by atoms with Crippen molar-refractivity contribution in [3.05, 3.63) is 65.2 Å². The van der Waals surface area contributed by atoms with Gasteiger partial charge in [-0.3, -0.25) is 0 Å². The van der Waals surface area contributed by atoms with E-state index in [-0.39, 0.29) is 5.75 Å². The highest BCUT2D eigenvalue weighted by Crippen LogP contribution is 2.24. The zero-order chi connectivity index (χ0) is 19.1. The fourth-order valence-corrected chi connectivity index (χ4v) is 2.17. The maximum Gasteiger partial charge on any atom is 0.349 e. The van der Waals surface area contributed by atoms with E-state index in [0.717, 1.165) is 16.7 Å². The predicted octanol–water partition coefficient (Wildman–Crippen LogP) is 3.99. The van der Waals surface area contributed by atoms with E-state index in [4.69, 9.17) is 9.47 Å². The predicted molar refractivity (Wildman–Crippen MR) is 99.0 cm³/mol. The van der Waals surface area contributed by atoms with Crippen molar-refractivity contribution in [3.63, 3.8) is 0 Å². The van der Waals surface area contributed by atoms with Crippen molar-refractivity contribution in [2.75, 3.05) is 6.61 Å². The Hall–Kier alpha value is -3.08. The Morgan fingerprint density at radius 2 is 1.81 bits per heavy atom. The van der Waals surface area contributed by atoms with Crippen molar-refractivity contribution in [2.45, 2.75) is 26.7 Å². The number of aromatic hydroxyl groups is 1. The van der Waals surface area contributed by atoms with Gasteiger partial charge < -0.3 is 14.6 Å². The summed E-state index contributed by atoms with van der Waals surface area (Å²) in [5.41, 5.74) is 2.62. The molecule has 0 fully saturated rings. The summed E-state index contributed by atoms with van der Waals surface area (Å²) >= 11 is 0. The fourth-order valence-electron chi connectivity index (χ4n) is 2.17. The maximum absolute atomic E-state index is 11.9. The molecule has 0 unspecified atom stereocenters. The normalized spacial score (nSPS) is 10.9. The Kier molecular flexibility index (Phi) is 6.55. The van der Waals surface area contributed by atoms with Gasteiger partial charge in [0.15, 0.2) is 6.61 Å². The van der Waals surface area contributed by atoms with Crippen LogP contribution in [0, 0.1) is 6.92 Å². The van der Waals surface area contributed by atoms with Gasteiger partial charge in [-0.2, -0.15) is 0 Å².